The number of anilines is 2. The Morgan fingerprint density at radius 2 is 1.91 bits per heavy atom. The van der Waals surface area contributed by atoms with E-state index in [-0.39, 0.29) is 18.0 Å². The monoisotopic (exact) mass is 476 g/mol. The Kier molecular flexibility index (Phi) is 5.79. The van der Waals surface area contributed by atoms with Gasteiger partial charge in [0.25, 0.3) is 5.91 Å². The molecule has 12 heteroatoms. The highest BCUT2D eigenvalue weighted by Gasteiger charge is 2.20. The summed E-state index contributed by atoms with van der Waals surface area (Å²) < 4.78 is 14.0. The summed E-state index contributed by atoms with van der Waals surface area (Å²) in [5, 5.41) is 17.0. The van der Waals surface area contributed by atoms with Gasteiger partial charge < -0.3 is 20.1 Å². The number of nitrogens with zero attached hydrogens (tertiary/aromatic N) is 5. The Morgan fingerprint density at radius 3 is 2.63 bits per heavy atom. The van der Waals surface area contributed by atoms with Crippen LogP contribution in [0, 0.1) is 13.8 Å². The zero-order chi connectivity index (χ0) is 24.5. The molecule has 3 N–H and O–H groups in total. The highest BCUT2D eigenvalue weighted by molar-refractivity contribution is 6.03. The summed E-state index contributed by atoms with van der Waals surface area (Å²) in [4.78, 5) is 29.1. The molecule has 1 saturated heterocycles. The number of carbonyl (C=O) groups is 2. The third-order valence-corrected chi connectivity index (χ3v) is 5.42. The van der Waals surface area contributed by atoms with Crippen LogP contribution >= 0.6 is 0 Å². The van der Waals surface area contributed by atoms with Crippen molar-refractivity contribution in [3.63, 3.8) is 0 Å². The second-order valence-corrected chi connectivity index (χ2v) is 8.26. The average Bonchev–Trinajstić information content (AvgIpc) is 3.34. The normalized spacial score (nSPS) is 13.3. The predicted molar refractivity (Wildman–Crippen MR) is 127 cm³/mol. The Morgan fingerprint density at radius 1 is 1.09 bits per heavy atom. The van der Waals surface area contributed by atoms with E-state index in [1.165, 1.54) is 4.52 Å². The fourth-order valence-electron chi connectivity index (χ4n) is 3.57. The molecule has 0 bridgehead atoms. The third-order valence-electron chi connectivity index (χ3n) is 5.42. The summed E-state index contributed by atoms with van der Waals surface area (Å²) in [6, 6.07) is 10.2. The summed E-state index contributed by atoms with van der Waals surface area (Å²) in [6.07, 6.45) is 1.59. The van der Waals surface area contributed by atoms with Gasteiger partial charge in [0.15, 0.2) is 11.5 Å². The lowest BCUT2D eigenvalue weighted by Crippen LogP contribution is -2.50. The van der Waals surface area contributed by atoms with Gasteiger partial charge in [-0.05, 0) is 37.6 Å². The minimum absolute atomic E-state index is 0.0163. The minimum atomic E-state index is -0.353. The summed E-state index contributed by atoms with van der Waals surface area (Å²) in [7, 11) is 1.73. The van der Waals surface area contributed by atoms with Crippen LogP contribution in [0.15, 0.2) is 42.6 Å². The van der Waals surface area contributed by atoms with Crippen molar-refractivity contribution < 1.29 is 19.1 Å². The number of benzene rings is 1. The Hall–Kier alpha value is -4.45. The van der Waals surface area contributed by atoms with Crippen molar-refractivity contribution in [1.29, 1.82) is 0 Å². The van der Waals surface area contributed by atoms with E-state index in [0.29, 0.717) is 47.7 Å². The van der Waals surface area contributed by atoms with Crippen LogP contribution < -0.4 is 20.7 Å². The molecule has 4 aromatic rings. The molecule has 1 aliphatic rings. The van der Waals surface area contributed by atoms with Gasteiger partial charge in [-0.2, -0.15) is 5.10 Å². The molecular weight excluding hydrogens is 452 g/mol. The molecule has 0 atom stereocenters. The first-order chi connectivity index (χ1) is 16.8. The van der Waals surface area contributed by atoms with Crippen molar-refractivity contribution in [2.24, 2.45) is 7.05 Å². The number of aromatic nitrogens is 5. The largest absolute Gasteiger partial charge is 0.438 e. The molecule has 5 rings (SSSR count). The first kappa shape index (κ1) is 22.3. The number of ether oxygens (including phenoxy) is 2. The molecular formula is C23H24N8O4. The number of amides is 3. The van der Waals surface area contributed by atoms with Crippen LogP contribution in [-0.2, 0) is 11.8 Å². The fraction of sp³-hybridized carbons (Fsp3) is 0.261. The number of rotatable bonds is 6. The number of fused-ring (bicyclic) bond motifs is 1. The lowest BCUT2D eigenvalue weighted by molar-refractivity contribution is 0.000731. The molecule has 0 unspecified atom stereocenters. The van der Waals surface area contributed by atoms with Gasteiger partial charge in [0, 0.05) is 24.9 Å². The molecule has 0 radical (unpaired) electrons. The molecule has 180 valence electrons. The molecule has 3 aromatic heterocycles. The average molecular weight is 476 g/mol. The molecule has 0 spiro atoms. The van der Waals surface area contributed by atoms with Gasteiger partial charge in [-0.3, -0.25) is 14.8 Å². The summed E-state index contributed by atoms with van der Waals surface area (Å²) >= 11 is 0. The zero-order valence-electron chi connectivity index (χ0n) is 19.4. The van der Waals surface area contributed by atoms with Crippen LogP contribution in [-0.4, -0.2) is 55.6 Å². The molecule has 1 fully saturated rings. The van der Waals surface area contributed by atoms with Gasteiger partial charge >= 0.3 is 6.03 Å². The zero-order valence-corrected chi connectivity index (χ0v) is 19.4. The minimum Gasteiger partial charge on any atom is -0.438 e. The number of hydrogen-bond donors (Lipinski definition) is 3. The maximum atomic E-state index is 12.7. The molecule has 3 amide bonds. The van der Waals surface area contributed by atoms with Gasteiger partial charge in [-0.1, -0.05) is 6.07 Å². The number of urea groups is 1. The SMILES string of the molecule is Cc1cc(C(=O)Nc2cc(Oc3ccc4nc(NC(=O)NC5COC5)cn4n3)ccc2C)n(C)n1. The molecule has 35 heavy (non-hydrogen) atoms. The van der Waals surface area contributed by atoms with Crippen molar-refractivity contribution in [1.82, 2.24) is 29.7 Å². The second-order valence-electron chi connectivity index (χ2n) is 8.26. The van der Waals surface area contributed by atoms with E-state index in [4.69, 9.17) is 9.47 Å². The van der Waals surface area contributed by atoms with Crippen molar-refractivity contribution in [2.45, 2.75) is 19.9 Å². The Labute approximate surface area is 200 Å². The molecule has 4 heterocycles. The maximum absolute atomic E-state index is 12.7. The smallest absolute Gasteiger partial charge is 0.320 e. The summed E-state index contributed by atoms with van der Waals surface area (Å²) in [5.41, 5.74) is 3.26. The number of nitrogens with one attached hydrogen (secondary N) is 3. The molecule has 0 saturated carbocycles. The van der Waals surface area contributed by atoms with Gasteiger partial charge in [0.1, 0.15) is 11.4 Å². The number of aryl methyl sites for hydroxylation is 3. The number of carbonyl (C=O) groups excluding carboxylic acids is 2. The lowest BCUT2D eigenvalue weighted by Gasteiger charge is -2.26. The topological polar surface area (TPSA) is 137 Å². The summed E-state index contributed by atoms with van der Waals surface area (Å²) in [5.74, 6) is 0.916. The maximum Gasteiger partial charge on any atom is 0.320 e. The van der Waals surface area contributed by atoms with Gasteiger partial charge in [0.05, 0.1) is 31.1 Å². The molecule has 12 nitrogen and oxygen atoms in total. The van der Waals surface area contributed by atoms with Gasteiger partial charge in [0.2, 0.25) is 5.88 Å². The number of imidazole rings is 1. The van der Waals surface area contributed by atoms with Crippen LogP contribution in [0.5, 0.6) is 11.6 Å². The Balaban J connectivity index is 1.28. The quantitative estimate of drug-likeness (QED) is 0.389. The van der Waals surface area contributed by atoms with Gasteiger partial charge in [-0.15, -0.1) is 5.10 Å². The highest BCUT2D eigenvalue weighted by Crippen LogP contribution is 2.26. The van der Waals surface area contributed by atoms with Crippen LogP contribution in [0.4, 0.5) is 16.3 Å². The van der Waals surface area contributed by atoms with E-state index in [9.17, 15) is 9.59 Å². The second kappa shape index (κ2) is 9.06. The van der Waals surface area contributed by atoms with Gasteiger partial charge in [-0.25, -0.2) is 14.3 Å². The highest BCUT2D eigenvalue weighted by atomic mass is 16.5. The van der Waals surface area contributed by atoms with Crippen LogP contribution in [0.25, 0.3) is 5.65 Å². The van der Waals surface area contributed by atoms with E-state index >= 15 is 0 Å². The third kappa shape index (κ3) is 4.92. The fourth-order valence-corrected chi connectivity index (χ4v) is 3.57. The van der Waals surface area contributed by atoms with E-state index in [2.05, 4.69) is 31.1 Å². The van der Waals surface area contributed by atoms with E-state index < -0.39 is 0 Å². The molecule has 0 aliphatic carbocycles. The molecule has 1 aliphatic heterocycles. The number of hydrogen-bond acceptors (Lipinski definition) is 7. The van der Waals surface area contributed by atoms with Crippen molar-refractivity contribution >= 4 is 29.1 Å². The summed E-state index contributed by atoms with van der Waals surface area (Å²) in [6.45, 7) is 4.74. The van der Waals surface area contributed by atoms with Crippen molar-refractivity contribution in [3.05, 3.63) is 59.5 Å². The van der Waals surface area contributed by atoms with Crippen LogP contribution in [0.3, 0.4) is 0 Å². The van der Waals surface area contributed by atoms with Crippen molar-refractivity contribution in [3.8, 4) is 11.6 Å². The lowest BCUT2D eigenvalue weighted by atomic mass is 10.2. The standard InChI is InChI=1S/C23H24N8O4/c1-13-4-5-16(9-17(13)25-22(32)18-8-14(2)28-30(18)3)35-21-7-6-20-26-19(10-31(20)29-21)27-23(33)24-15-11-34-12-15/h4-10,15H,11-12H2,1-3H3,(H,25,32)(H2,24,27,33). The van der Waals surface area contributed by atoms with E-state index in [1.807, 2.05) is 19.9 Å². The van der Waals surface area contributed by atoms with Crippen LogP contribution in [0.1, 0.15) is 21.7 Å². The Bertz CT molecular complexity index is 1420. The first-order valence-corrected chi connectivity index (χ1v) is 11.0. The first-order valence-electron chi connectivity index (χ1n) is 11.0. The predicted octanol–water partition coefficient (Wildman–Crippen LogP) is 2.64. The molecule has 1 aromatic carbocycles. The van der Waals surface area contributed by atoms with E-state index in [0.717, 1.165) is 11.3 Å². The van der Waals surface area contributed by atoms with E-state index in [1.54, 1.807) is 48.3 Å². The van der Waals surface area contributed by atoms with Crippen LogP contribution in [0.2, 0.25) is 0 Å². The van der Waals surface area contributed by atoms with Crippen molar-refractivity contribution in [2.75, 3.05) is 23.8 Å².